The molecule has 3 amide bonds. The lowest BCUT2D eigenvalue weighted by molar-refractivity contribution is -0.127. The third-order valence-corrected chi connectivity index (χ3v) is 3.90. The van der Waals surface area contributed by atoms with Crippen molar-refractivity contribution in [2.75, 3.05) is 6.54 Å². The highest BCUT2D eigenvalue weighted by atomic mass is 16.5. The Morgan fingerprint density at radius 1 is 1.15 bits per heavy atom. The van der Waals surface area contributed by atoms with Crippen molar-refractivity contribution in [1.29, 1.82) is 0 Å². The van der Waals surface area contributed by atoms with E-state index in [4.69, 9.17) is 10.5 Å². The second kappa shape index (κ2) is 13.4. The molecular formula is C20H29N3O4. The van der Waals surface area contributed by atoms with Crippen LogP contribution in [-0.4, -0.2) is 30.5 Å². The van der Waals surface area contributed by atoms with E-state index in [0.29, 0.717) is 32.2 Å². The van der Waals surface area contributed by atoms with Crippen LogP contribution in [0.4, 0.5) is 4.79 Å². The zero-order valence-electron chi connectivity index (χ0n) is 15.6. The number of amides is 3. The number of primary amides is 1. The van der Waals surface area contributed by atoms with Gasteiger partial charge in [-0.2, -0.15) is 0 Å². The number of hydrogen-bond acceptors (Lipinski definition) is 4. The van der Waals surface area contributed by atoms with Crippen LogP contribution >= 0.6 is 0 Å². The molecule has 0 spiro atoms. The Kier molecular flexibility index (Phi) is 11.0. The van der Waals surface area contributed by atoms with Crippen LogP contribution in [0.25, 0.3) is 0 Å². The third-order valence-electron chi connectivity index (χ3n) is 3.90. The van der Waals surface area contributed by atoms with Crippen molar-refractivity contribution in [3.8, 4) is 0 Å². The number of rotatable bonds is 13. The number of hydrogen-bond donors (Lipinski definition) is 3. The van der Waals surface area contributed by atoms with Gasteiger partial charge in [-0.05, 0) is 31.2 Å². The molecule has 1 atom stereocenters. The standard InChI is InChI=1S/C20H29N3O4/c1-2-3-12-17(19(21)25)23-18(24)13-8-5-9-14-22-20(26)27-15-16-10-6-4-7-11-16/h2,4,6-7,10-11,17H,1,3,5,8-9,12-15H2,(H2,21,25)(H,22,26)(H,23,24)/t17-/m1/s1. The van der Waals surface area contributed by atoms with Crippen LogP contribution in [0.2, 0.25) is 0 Å². The first-order chi connectivity index (χ1) is 13.0. The molecule has 0 unspecified atom stereocenters. The first-order valence-corrected chi connectivity index (χ1v) is 9.17. The summed E-state index contributed by atoms with van der Waals surface area (Å²) in [6, 6.07) is 8.79. The topological polar surface area (TPSA) is 111 Å². The number of alkyl carbamates (subject to hydrolysis) is 1. The summed E-state index contributed by atoms with van der Waals surface area (Å²) in [5.74, 6) is -0.735. The van der Waals surface area contributed by atoms with Crippen LogP contribution in [-0.2, 0) is 20.9 Å². The number of nitrogens with one attached hydrogen (secondary N) is 2. The van der Waals surface area contributed by atoms with Crippen LogP contribution in [0.5, 0.6) is 0 Å². The van der Waals surface area contributed by atoms with Crippen molar-refractivity contribution >= 4 is 17.9 Å². The van der Waals surface area contributed by atoms with E-state index in [1.165, 1.54) is 0 Å². The molecule has 0 saturated heterocycles. The molecule has 0 aliphatic carbocycles. The fourth-order valence-corrected chi connectivity index (χ4v) is 2.39. The van der Waals surface area contributed by atoms with Gasteiger partial charge in [-0.15, -0.1) is 6.58 Å². The molecule has 0 bridgehead atoms. The van der Waals surface area contributed by atoms with Gasteiger partial charge in [-0.3, -0.25) is 9.59 Å². The molecule has 148 valence electrons. The highest BCUT2D eigenvalue weighted by molar-refractivity contribution is 5.86. The van der Waals surface area contributed by atoms with Crippen LogP contribution in [0, 0.1) is 0 Å². The minimum atomic E-state index is -0.656. The van der Waals surface area contributed by atoms with Crippen molar-refractivity contribution in [3.63, 3.8) is 0 Å². The monoisotopic (exact) mass is 375 g/mol. The van der Waals surface area contributed by atoms with Gasteiger partial charge in [-0.25, -0.2) is 4.79 Å². The predicted molar refractivity (Wildman–Crippen MR) is 104 cm³/mol. The zero-order chi connectivity index (χ0) is 19.9. The molecule has 7 heteroatoms. The Morgan fingerprint density at radius 2 is 1.89 bits per heavy atom. The quantitative estimate of drug-likeness (QED) is 0.363. The minimum Gasteiger partial charge on any atom is -0.445 e. The lowest BCUT2D eigenvalue weighted by Crippen LogP contribution is -2.44. The van der Waals surface area contributed by atoms with Gasteiger partial charge in [0, 0.05) is 13.0 Å². The number of ether oxygens (including phenoxy) is 1. The lowest BCUT2D eigenvalue weighted by Gasteiger charge is -2.14. The van der Waals surface area contributed by atoms with E-state index in [9.17, 15) is 14.4 Å². The number of carbonyl (C=O) groups excluding carboxylic acids is 3. The van der Waals surface area contributed by atoms with E-state index in [1.54, 1.807) is 6.08 Å². The molecule has 1 aromatic rings. The summed E-state index contributed by atoms with van der Waals surface area (Å²) in [6.07, 6.45) is 4.79. The van der Waals surface area contributed by atoms with Gasteiger partial charge in [0.05, 0.1) is 0 Å². The maximum Gasteiger partial charge on any atom is 0.407 e. The van der Waals surface area contributed by atoms with Crippen molar-refractivity contribution < 1.29 is 19.1 Å². The van der Waals surface area contributed by atoms with Crippen LogP contribution in [0.15, 0.2) is 43.0 Å². The Labute approximate surface area is 160 Å². The smallest absolute Gasteiger partial charge is 0.407 e. The zero-order valence-corrected chi connectivity index (χ0v) is 15.6. The predicted octanol–water partition coefficient (Wildman–Crippen LogP) is 2.41. The molecular weight excluding hydrogens is 346 g/mol. The maximum atomic E-state index is 11.8. The summed E-state index contributed by atoms with van der Waals surface area (Å²) >= 11 is 0. The molecule has 1 aromatic carbocycles. The molecule has 0 aliphatic heterocycles. The van der Waals surface area contributed by atoms with Gasteiger partial charge < -0.3 is 21.1 Å². The minimum absolute atomic E-state index is 0.196. The van der Waals surface area contributed by atoms with Gasteiger partial charge in [0.1, 0.15) is 12.6 Å². The number of carbonyl (C=O) groups is 3. The highest BCUT2D eigenvalue weighted by Crippen LogP contribution is 2.03. The molecule has 1 rings (SSSR count). The number of allylic oxidation sites excluding steroid dienone is 1. The number of unbranched alkanes of at least 4 members (excludes halogenated alkanes) is 2. The average Bonchev–Trinajstić information content (AvgIpc) is 2.66. The second-order valence-electron chi connectivity index (χ2n) is 6.19. The molecule has 0 saturated carbocycles. The van der Waals surface area contributed by atoms with Crippen LogP contribution in [0.1, 0.15) is 44.1 Å². The average molecular weight is 375 g/mol. The van der Waals surface area contributed by atoms with Gasteiger partial charge in [0.15, 0.2) is 0 Å². The highest BCUT2D eigenvalue weighted by Gasteiger charge is 2.16. The summed E-state index contributed by atoms with van der Waals surface area (Å²) in [5.41, 5.74) is 6.20. The third kappa shape index (κ3) is 10.7. The lowest BCUT2D eigenvalue weighted by atomic mass is 10.1. The van der Waals surface area contributed by atoms with E-state index in [-0.39, 0.29) is 12.5 Å². The molecule has 0 heterocycles. The first kappa shape index (κ1) is 22.2. The second-order valence-corrected chi connectivity index (χ2v) is 6.19. The normalized spacial score (nSPS) is 11.3. The molecule has 4 N–H and O–H groups in total. The Bertz CT molecular complexity index is 605. The van der Waals surface area contributed by atoms with Crippen LogP contribution in [0.3, 0.4) is 0 Å². The van der Waals surface area contributed by atoms with E-state index < -0.39 is 18.0 Å². The van der Waals surface area contributed by atoms with E-state index in [0.717, 1.165) is 18.4 Å². The molecule has 0 aromatic heterocycles. The van der Waals surface area contributed by atoms with Crippen molar-refractivity contribution in [2.45, 2.75) is 51.2 Å². The van der Waals surface area contributed by atoms with Gasteiger partial charge in [0.2, 0.25) is 11.8 Å². The fourth-order valence-electron chi connectivity index (χ4n) is 2.39. The Morgan fingerprint density at radius 3 is 2.56 bits per heavy atom. The summed E-state index contributed by atoms with van der Waals surface area (Å²) in [6.45, 7) is 4.31. The van der Waals surface area contributed by atoms with Crippen molar-refractivity contribution in [3.05, 3.63) is 48.6 Å². The first-order valence-electron chi connectivity index (χ1n) is 9.17. The van der Waals surface area contributed by atoms with E-state index in [2.05, 4.69) is 17.2 Å². The Balaban J connectivity index is 2.07. The van der Waals surface area contributed by atoms with Crippen molar-refractivity contribution in [2.24, 2.45) is 5.73 Å². The summed E-state index contributed by atoms with van der Waals surface area (Å²) in [4.78, 5) is 34.7. The SMILES string of the molecule is C=CCC[C@@H](NC(=O)CCCCCNC(=O)OCc1ccccc1)C(N)=O. The van der Waals surface area contributed by atoms with Crippen molar-refractivity contribution in [1.82, 2.24) is 10.6 Å². The van der Waals surface area contributed by atoms with E-state index in [1.807, 2.05) is 30.3 Å². The fraction of sp³-hybridized carbons (Fsp3) is 0.450. The van der Waals surface area contributed by atoms with Gasteiger partial charge >= 0.3 is 6.09 Å². The van der Waals surface area contributed by atoms with E-state index >= 15 is 0 Å². The Hall–Kier alpha value is -2.83. The summed E-state index contributed by atoms with van der Waals surface area (Å²) in [5, 5.41) is 5.32. The maximum absolute atomic E-state index is 11.8. The van der Waals surface area contributed by atoms with Crippen LogP contribution < -0.4 is 16.4 Å². The molecule has 0 aliphatic rings. The van der Waals surface area contributed by atoms with Gasteiger partial charge in [-0.1, -0.05) is 42.8 Å². The molecule has 7 nitrogen and oxygen atoms in total. The summed E-state index contributed by atoms with van der Waals surface area (Å²) < 4.78 is 5.11. The van der Waals surface area contributed by atoms with Gasteiger partial charge in [0.25, 0.3) is 0 Å². The number of nitrogens with two attached hydrogens (primary N) is 1. The molecule has 0 fully saturated rings. The number of benzene rings is 1. The molecule has 0 radical (unpaired) electrons. The summed E-state index contributed by atoms with van der Waals surface area (Å²) in [7, 11) is 0. The molecule has 27 heavy (non-hydrogen) atoms. The largest absolute Gasteiger partial charge is 0.445 e.